The summed E-state index contributed by atoms with van der Waals surface area (Å²) in [5.41, 5.74) is 1.53. The Balaban J connectivity index is 1.84. The van der Waals surface area contributed by atoms with Crippen LogP contribution in [0.2, 0.25) is 0 Å². The van der Waals surface area contributed by atoms with Crippen LogP contribution < -0.4 is 10.1 Å². The lowest BCUT2D eigenvalue weighted by Gasteiger charge is -2.15. The first-order valence-corrected chi connectivity index (χ1v) is 7.52. The number of carbonyl (C=O) groups is 1. The lowest BCUT2D eigenvalue weighted by molar-refractivity contribution is -0.121. The molecule has 2 aromatic rings. The minimum atomic E-state index is -2.87. The quantitative estimate of drug-likeness (QED) is 0.821. The summed E-state index contributed by atoms with van der Waals surface area (Å²) in [5.74, 6) is -0.426. The van der Waals surface area contributed by atoms with Crippen LogP contribution in [0.3, 0.4) is 0 Å². The zero-order chi connectivity index (χ0) is 17.5. The Morgan fingerprint density at radius 3 is 2.50 bits per heavy atom. The molecule has 1 atom stereocenters. The molecular formula is C18H18F3NO2. The summed E-state index contributed by atoms with van der Waals surface area (Å²) in [4.78, 5) is 12.0. The van der Waals surface area contributed by atoms with Crippen molar-refractivity contribution in [1.82, 2.24) is 5.32 Å². The molecule has 128 valence electrons. The Kier molecular flexibility index (Phi) is 6.23. The minimum Gasteiger partial charge on any atom is -0.435 e. The largest absolute Gasteiger partial charge is 0.435 e. The Morgan fingerprint density at radius 2 is 1.88 bits per heavy atom. The molecule has 6 heteroatoms. The zero-order valence-corrected chi connectivity index (χ0v) is 13.1. The van der Waals surface area contributed by atoms with Gasteiger partial charge in [-0.1, -0.05) is 24.3 Å². The Bertz CT molecular complexity index is 674. The molecule has 24 heavy (non-hydrogen) atoms. The van der Waals surface area contributed by atoms with Crippen molar-refractivity contribution in [1.29, 1.82) is 0 Å². The van der Waals surface area contributed by atoms with Gasteiger partial charge in [0.2, 0.25) is 5.91 Å². The van der Waals surface area contributed by atoms with Gasteiger partial charge in [-0.3, -0.25) is 4.79 Å². The van der Waals surface area contributed by atoms with Crippen LogP contribution in [0.25, 0.3) is 0 Å². The van der Waals surface area contributed by atoms with E-state index in [0.29, 0.717) is 6.42 Å². The van der Waals surface area contributed by atoms with Crippen molar-refractivity contribution in [2.75, 3.05) is 0 Å². The molecule has 2 aromatic carbocycles. The summed E-state index contributed by atoms with van der Waals surface area (Å²) in [7, 11) is 0. The fourth-order valence-electron chi connectivity index (χ4n) is 2.29. The molecule has 0 aliphatic rings. The number of aryl methyl sites for hydroxylation is 1. The maximum Gasteiger partial charge on any atom is 0.387 e. The SMILES string of the molecule is CC(NC(=O)CCc1cccc(F)c1)c1ccc(OC(F)F)cc1. The first-order valence-electron chi connectivity index (χ1n) is 7.52. The highest BCUT2D eigenvalue weighted by molar-refractivity contribution is 5.76. The molecule has 1 unspecified atom stereocenters. The number of ether oxygens (including phenoxy) is 1. The summed E-state index contributed by atoms with van der Waals surface area (Å²) >= 11 is 0. The van der Waals surface area contributed by atoms with Crippen LogP contribution in [0, 0.1) is 5.82 Å². The Morgan fingerprint density at radius 1 is 1.17 bits per heavy atom. The number of nitrogens with one attached hydrogen (secondary N) is 1. The van der Waals surface area contributed by atoms with Gasteiger partial charge >= 0.3 is 6.61 Å². The molecule has 1 amide bonds. The maximum atomic E-state index is 13.1. The molecule has 0 radical (unpaired) electrons. The average Bonchev–Trinajstić information content (AvgIpc) is 2.53. The van der Waals surface area contributed by atoms with E-state index in [1.54, 1.807) is 31.2 Å². The van der Waals surface area contributed by atoms with E-state index < -0.39 is 6.61 Å². The number of halogens is 3. The van der Waals surface area contributed by atoms with Crippen molar-refractivity contribution in [3.8, 4) is 5.75 Å². The van der Waals surface area contributed by atoms with Crippen molar-refractivity contribution in [2.24, 2.45) is 0 Å². The Hall–Kier alpha value is -2.50. The van der Waals surface area contributed by atoms with Gasteiger partial charge in [-0.15, -0.1) is 0 Å². The predicted octanol–water partition coefficient (Wildman–Crippen LogP) is 4.24. The summed E-state index contributed by atoms with van der Waals surface area (Å²) in [6.45, 7) is -1.07. The molecule has 0 heterocycles. The number of carbonyl (C=O) groups excluding carboxylic acids is 1. The zero-order valence-electron chi connectivity index (χ0n) is 13.1. The highest BCUT2D eigenvalue weighted by Crippen LogP contribution is 2.19. The average molecular weight is 337 g/mol. The molecule has 0 saturated heterocycles. The number of hydrogen-bond acceptors (Lipinski definition) is 2. The van der Waals surface area contributed by atoms with Crippen molar-refractivity contribution in [3.05, 3.63) is 65.5 Å². The molecule has 0 bridgehead atoms. The van der Waals surface area contributed by atoms with Crippen molar-refractivity contribution in [2.45, 2.75) is 32.4 Å². The van der Waals surface area contributed by atoms with E-state index in [-0.39, 0.29) is 29.9 Å². The second-order valence-corrected chi connectivity index (χ2v) is 5.37. The van der Waals surface area contributed by atoms with Gasteiger partial charge in [0.25, 0.3) is 0 Å². The van der Waals surface area contributed by atoms with Crippen LogP contribution in [-0.2, 0) is 11.2 Å². The van der Waals surface area contributed by atoms with Crippen LogP contribution in [0.1, 0.15) is 30.5 Å². The van der Waals surface area contributed by atoms with Crippen molar-refractivity contribution >= 4 is 5.91 Å². The summed E-state index contributed by atoms with van der Waals surface area (Å²) < 4.78 is 41.6. The molecule has 1 N–H and O–H groups in total. The van der Waals surface area contributed by atoms with E-state index >= 15 is 0 Å². The van der Waals surface area contributed by atoms with Crippen LogP contribution in [0.4, 0.5) is 13.2 Å². The smallest absolute Gasteiger partial charge is 0.387 e. The normalized spacial score (nSPS) is 12.0. The number of alkyl halides is 2. The molecule has 0 fully saturated rings. The van der Waals surface area contributed by atoms with E-state index in [1.165, 1.54) is 24.3 Å². The Labute approximate surface area is 138 Å². The highest BCUT2D eigenvalue weighted by Gasteiger charge is 2.11. The topological polar surface area (TPSA) is 38.3 Å². The molecule has 2 rings (SSSR count). The molecule has 0 spiro atoms. The van der Waals surface area contributed by atoms with Gasteiger partial charge in [0.1, 0.15) is 11.6 Å². The van der Waals surface area contributed by atoms with Gasteiger partial charge in [0.15, 0.2) is 0 Å². The minimum absolute atomic E-state index is 0.0679. The molecule has 0 saturated carbocycles. The second-order valence-electron chi connectivity index (χ2n) is 5.37. The van der Waals surface area contributed by atoms with E-state index in [1.807, 2.05) is 0 Å². The van der Waals surface area contributed by atoms with E-state index in [4.69, 9.17) is 0 Å². The van der Waals surface area contributed by atoms with E-state index in [2.05, 4.69) is 10.1 Å². The summed E-state index contributed by atoms with van der Waals surface area (Å²) in [5, 5.41) is 2.82. The fraction of sp³-hybridized carbons (Fsp3) is 0.278. The molecule has 3 nitrogen and oxygen atoms in total. The monoisotopic (exact) mass is 337 g/mol. The summed E-state index contributed by atoms with van der Waals surface area (Å²) in [6.07, 6.45) is 0.678. The van der Waals surface area contributed by atoms with Crippen LogP contribution >= 0.6 is 0 Å². The van der Waals surface area contributed by atoms with Gasteiger partial charge < -0.3 is 10.1 Å². The van der Waals surface area contributed by atoms with E-state index in [9.17, 15) is 18.0 Å². The van der Waals surface area contributed by atoms with Crippen LogP contribution in [-0.4, -0.2) is 12.5 Å². The summed E-state index contributed by atoms with van der Waals surface area (Å²) in [6, 6.07) is 11.9. The first-order chi connectivity index (χ1) is 11.4. The van der Waals surface area contributed by atoms with Crippen molar-refractivity contribution < 1.29 is 22.7 Å². The number of hydrogen-bond donors (Lipinski definition) is 1. The third-order valence-electron chi connectivity index (χ3n) is 3.51. The second kappa shape index (κ2) is 8.38. The fourth-order valence-corrected chi connectivity index (χ4v) is 2.29. The molecule has 0 aliphatic heterocycles. The van der Waals surface area contributed by atoms with Crippen LogP contribution in [0.5, 0.6) is 5.75 Å². The number of amides is 1. The van der Waals surface area contributed by atoms with Gasteiger partial charge in [0, 0.05) is 6.42 Å². The maximum absolute atomic E-state index is 13.1. The van der Waals surface area contributed by atoms with Gasteiger partial charge in [-0.2, -0.15) is 8.78 Å². The van der Waals surface area contributed by atoms with Gasteiger partial charge in [-0.25, -0.2) is 4.39 Å². The third kappa shape index (κ3) is 5.61. The number of rotatable bonds is 7. The molecule has 0 aliphatic carbocycles. The third-order valence-corrected chi connectivity index (χ3v) is 3.51. The van der Waals surface area contributed by atoms with Crippen LogP contribution in [0.15, 0.2) is 48.5 Å². The first kappa shape index (κ1) is 17.8. The number of benzene rings is 2. The molecule has 0 aromatic heterocycles. The lowest BCUT2D eigenvalue weighted by atomic mass is 10.1. The standard InChI is InChI=1S/C18H18F3NO2/c1-12(14-6-8-16(9-7-14)24-18(20)21)22-17(23)10-5-13-3-2-4-15(19)11-13/h2-4,6-9,11-12,18H,5,10H2,1H3,(H,22,23). The van der Waals surface area contributed by atoms with Gasteiger partial charge in [0.05, 0.1) is 6.04 Å². The van der Waals surface area contributed by atoms with Gasteiger partial charge in [-0.05, 0) is 48.7 Å². The highest BCUT2D eigenvalue weighted by atomic mass is 19.3. The lowest BCUT2D eigenvalue weighted by Crippen LogP contribution is -2.26. The molecular weight excluding hydrogens is 319 g/mol. The van der Waals surface area contributed by atoms with Crippen molar-refractivity contribution in [3.63, 3.8) is 0 Å². The van der Waals surface area contributed by atoms with E-state index in [0.717, 1.165) is 11.1 Å². The predicted molar refractivity (Wildman–Crippen MR) is 84.4 cm³/mol.